The second-order valence-electron chi connectivity index (χ2n) is 2.83. The molecule has 1 unspecified atom stereocenters. The molecule has 0 bridgehead atoms. The van der Waals surface area contributed by atoms with E-state index in [0.717, 1.165) is 5.76 Å². The Labute approximate surface area is 72.1 Å². The zero-order valence-corrected chi connectivity index (χ0v) is 7.63. The summed E-state index contributed by atoms with van der Waals surface area (Å²) in [5.74, 6) is 0.784. The third kappa shape index (κ3) is 1.76. The lowest BCUT2D eigenvalue weighted by molar-refractivity contribution is -0.132. The summed E-state index contributed by atoms with van der Waals surface area (Å²) < 4.78 is 0. The summed E-state index contributed by atoms with van der Waals surface area (Å²) in [7, 11) is 1.77. The fraction of sp³-hybridized carbons (Fsp3) is 0.625. The van der Waals surface area contributed by atoms with Gasteiger partial charge in [0.25, 0.3) is 0 Å². The summed E-state index contributed by atoms with van der Waals surface area (Å²) in [6.07, 6.45) is 1.77. The number of hydroxylamine groups is 1. The Morgan fingerprint density at radius 1 is 1.83 bits per heavy atom. The average Bonchev–Trinajstić information content (AvgIpc) is 2.49. The molecule has 1 amide bonds. The van der Waals surface area contributed by atoms with E-state index in [1.54, 1.807) is 18.0 Å². The van der Waals surface area contributed by atoms with Crippen molar-refractivity contribution in [2.45, 2.75) is 19.9 Å². The minimum absolute atomic E-state index is 0.0364. The first-order chi connectivity index (χ1) is 5.65. The number of nitrogens with one attached hydrogen (secondary N) is 1. The number of hydrogen-bond donors (Lipinski definition) is 1. The average molecular weight is 170 g/mol. The highest BCUT2D eigenvalue weighted by molar-refractivity contribution is 5.83. The molecule has 0 spiro atoms. The Morgan fingerprint density at radius 2 is 2.50 bits per heavy atom. The van der Waals surface area contributed by atoms with Crippen molar-refractivity contribution in [2.24, 2.45) is 0 Å². The SMILES string of the molecule is CCN(C)C(=O)C1C=C(C)ON1. The maximum Gasteiger partial charge on any atom is 0.246 e. The molecule has 0 fully saturated rings. The molecule has 12 heavy (non-hydrogen) atoms. The van der Waals surface area contributed by atoms with Crippen LogP contribution in [0.5, 0.6) is 0 Å². The highest BCUT2D eigenvalue weighted by Gasteiger charge is 2.23. The minimum Gasteiger partial charge on any atom is -0.413 e. The first-order valence-electron chi connectivity index (χ1n) is 4.01. The fourth-order valence-corrected chi connectivity index (χ4v) is 0.974. The largest absolute Gasteiger partial charge is 0.413 e. The quantitative estimate of drug-likeness (QED) is 0.647. The van der Waals surface area contributed by atoms with Gasteiger partial charge in [-0.15, -0.1) is 5.48 Å². The second kappa shape index (κ2) is 3.58. The van der Waals surface area contributed by atoms with Crippen LogP contribution in [-0.2, 0) is 9.63 Å². The molecule has 0 radical (unpaired) electrons. The molecule has 4 heteroatoms. The Hall–Kier alpha value is -1.03. The highest BCUT2D eigenvalue weighted by atomic mass is 16.7. The van der Waals surface area contributed by atoms with E-state index in [-0.39, 0.29) is 11.9 Å². The van der Waals surface area contributed by atoms with E-state index in [2.05, 4.69) is 5.48 Å². The molecular weight excluding hydrogens is 156 g/mol. The van der Waals surface area contributed by atoms with Crippen LogP contribution in [0, 0.1) is 0 Å². The number of hydrogen-bond acceptors (Lipinski definition) is 3. The summed E-state index contributed by atoms with van der Waals surface area (Å²) in [6, 6.07) is -0.310. The topological polar surface area (TPSA) is 41.6 Å². The van der Waals surface area contributed by atoms with Gasteiger partial charge in [-0.2, -0.15) is 0 Å². The van der Waals surface area contributed by atoms with Crippen molar-refractivity contribution in [2.75, 3.05) is 13.6 Å². The van der Waals surface area contributed by atoms with Crippen molar-refractivity contribution < 1.29 is 9.63 Å². The van der Waals surface area contributed by atoms with Gasteiger partial charge in [-0.1, -0.05) is 0 Å². The Bertz CT molecular complexity index is 213. The molecule has 0 saturated carbocycles. The number of likely N-dealkylation sites (N-methyl/N-ethyl adjacent to an activating group) is 1. The van der Waals surface area contributed by atoms with E-state index in [9.17, 15) is 4.79 Å². The van der Waals surface area contributed by atoms with Gasteiger partial charge in [0.1, 0.15) is 11.8 Å². The Balaban J connectivity index is 2.54. The van der Waals surface area contributed by atoms with Gasteiger partial charge < -0.3 is 9.74 Å². The van der Waals surface area contributed by atoms with Crippen molar-refractivity contribution in [1.82, 2.24) is 10.4 Å². The zero-order valence-electron chi connectivity index (χ0n) is 7.63. The molecular formula is C8H14N2O2. The molecule has 4 nitrogen and oxygen atoms in total. The van der Waals surface area contributed by atoms with Crippen LogP contribution in [-0.4, -0.2) is 30.4 Å². The summed E-state index contributed by atoms with van der Waals surface area (Å²) in [5.41, 5.74) is 2.64. The maximum atomic E-state index is 11.5. The summed E-state index contributed by atoms with van der Waals surface area (Å²) in [6.45, 7) is 4.46. The van der Waals surface area contributed by atoms with E-state index in [0.29, 0.717) is 6.54 Å². The first kappa shape index (κ1) is 9.06. The molecule has 1 aliphatic rings. The molecule has 1 atom stereocenters. The van der Waals surface area contributed by atoms with Crippen molar-refractivity contribution in [3.05, 3.63) is 11.8 Å². The molecule has 1 heterocycles. The molecule has 0 aromatic heterocycles. The fourth-order valence-electron chi connectivity index (χ4n) is 0.974. The van der Waals surface area contributed by atoms with Crippen molar-refractivity contribution in [3.8, 4) is 0 Å². The normalized spacial score (nSPS) is 21.6. The molecule has 68 valence electrons. The number of carbonyl (C=O) groups is 1. The highest BCUT2D eigenvalue weighted by Crippen LogP contribution is 2.07. The van der Waals surface area contributed by atoms with E-state index in [1.165, 1.54) is 0 Å². The number of allylic oxidation sites excluding steroid dienone is 1. The lowest BCUT2D eigenvalue weighted by Gasteiger charge is -2.17. The van der Waals surface area contributed by atoms with Gasteiger partial charge in [-0.25, -0.2) is 0 Å². The lowest BCUT2D eigenvalue weighted by Crippen LogP contribution is -2.40. The molecule has 0 saturated heterocycles. The molecule has 1 rings (SSSR count). The van der Waals surface area contributed by atoms with Gasteiger partial charge in [0.2, 0.25) is 5.91 Å². The molecule has 1 N–H and O–H groups in total. The van der Waals surface area contributed by atoms with Crippen molar-refractivity contribution >= 4 is 5.91 Å². The van der Waals surface area contributed by atoms with Crippen molar-refractivity contribution in [1.29, 1.82) is 0 Å². The van der Waals surface area contributed by atoms with Crippen LogP contribution >= 0.6 is 0 Å². The van der Waals surface area contributed by atoms with Crippen molar-refractivity contribution in [3.63, 3.8) is 0 Å². The third-order valence-corrected chi connectivity index (χ3v) is 1.86. The van der Waals surface area contributed by atoms with Crippen LogP contribution in [0.3, 0.4) is 0 Å². The summed E-state index contributed by atoms with van der Waals surface area (Å²) in [4.78, 5) is 18.1. The lowest BCUT2D eigenvalue weighted by atomic mass is 10.2. The van der Waals surface area contributed by atoms with Crippen LogP contribution < -0.4 is 5.48 Å². The maximum absolute atomic E-state index is 11.5. The Kier molecular flexibility index (Phi) is 2.70. The van der Waals surface area contributed by atoms with E-state index >= 15 is 0 Å². The summed E-state index contributed by atoms with van der Waals surface area (Å²) in [5, 5.41) is 0. The van der Waals surface area contributed by atoms with Crippen LogP contribution in [0.4, 0.5) is 0 Å². The second-order valence-corrected chi connectivity index (χ2v) is 2.83. The number of amides is 1. The molecule has 0 aromatic carbocycles. The van der Waals surface area contributed by atoms with E-state index in [4.69, 9.17) is 4.84 Å². The molecule has 0 aliphatic carbocycles. The van der Waals surface area contributed by atoms with Crippen LogP contribution in [0.2, 0.25) is 0 Å². The number of carbonyl (C=O) groups excluding carboxylic acids is 1. The smallest absolute Gasteiger partial charge is 0.246 e. The van der Waals surface area contributed by atoms with Gasteiger partial charge in [-0.3, -0.25) is 4.79 Å². The summed E-state index contributed by atoms with van der Waals surface area (Å²) >= 11 is 0. The minimum atomic E-state index is -0.310. The molecule has 0 aromatic rings. The molecule has 1 aliphatic heterocycles. The monoisotopic (exact) mass is 170 g/mol. The van der Waals surface area contributed by atoms with Crippen LogP contribution in [0.1, 0.15) is 13.8 Å². The van der Waals surface area contributed by atoms with Gasteiger partial charge in [0.05, 0.1) is 0 Å². The predicted octanol–water partition coefficient (Wildman–Crippen LogP) is 0.272. The van der Waals surface area contributed by atoms with Gasteiger partial charge >= 0.3 is 0 Å². The van der Waals surface area contributed by atoms with E-state index < -0.39 is 0 Å². The van der Waals surface area contributed by atoms with Crippen LogP contribution in [0.25, 0.3) is 0 Å². The van der Waals surface area contributed by atoms with E-state index in [1.807, 2.05) is 13.8 Å². The van der Waals surface area contributed by atoms with Gasteiger partial charge in [-0.05, 0) is 19.9 Å². The number of nitrogens with zero attached hydrogens (tertiary/aromatic N) is 1. The van der Waals surface area contributed by atoms with Crippen LogP contribution in [0.15, 0.2) is 11.8 Å². The van der Waals surface area contributed by atoms with Gasteiger partial charge in [0, 0.05) is 13.6 Å². The number of rotatable bonds is 2. The van der Waals surface area contributed by atoms with Gasteiger partial charge in [0.15, 0.2) is 0 Å². The standard InChI is InChI=1S/C8H14N2O2/c1-4-10(3)8(11)7-5-6(2)12-9-7/h5,7,9H,4H2,1-3H3. The zero-order chi connectivity index (χ0) is 9.14. The Morgan fingerprint density at radius 3 is 2.92 bits per heavy atom. The third-order valence-electron chi connectivity index (χ3n) is 1.86. The predicted molar refractivity (Wildman–Crippen MR) is 45.1 cm³/mol. The first-order valence-corrected chi connectivity index (χ1v) is 4.01.